The highest BCUT2D eigenvalue weighted by molar-refractivity contribution is 7.14. The van der Waals surface area contributed by atoms with Gasteiger partial charge in [-0.05, 0) is 55.4 Å². The lowest BCUT2D eigenvalue weighted by Crippen LogP contribution is -2.11. The first-order chi connectivity index (χ1) is 9.61. The summed E-state index contributed by atoms with van der Waals surface area (Å²) in [6.45, 7) is 4.25. The maximum Gasteiger partial charge on any atom is 0.266 e. The van der Waals surface area contributed by atoms with E-state index in [0.29, 0.717) is 5.82 Å². The summed E-state index contributed by atoms with van der Waals surface area (Å²) < 4.78 is 0. The molecule has 1 aliphatic carbocycles. The van der Waals surface area contributed by atoms with Gasteiger partial charge in [-0.15, -0.1) is 11.3 Å². The van der Waals surface area contributed by atoms with E-state index < -0.39 is 0 Å². The molecule has 2 heterocycles. The van der Waals surface area contributed by atoms with Crippen molar-refractivity contribution in [1.29, 1.82) is 0 Å². The van der Waals surface area contributed by atoms with E-state index in [9.17, 15) is 4.79 Å². The Kier molecular flexibility index (Phi) is 3.57. The highest BCUT2D eigenvalue weighted by Crippen LogP contribution is 2.32. The van der Waals surface area contributed by atoms with Crippen LogP contribution in [0, 0.1) is 12.8 Å². The molecule has 3 rings (SSSR count). The zero-order valence-electron chi connectivity index (χ0n) is 11.8. The lowest BCUT2D eigenvalue weighted by molar-refractivity contribution is 0.103. The van der Waals surface area contributed by atoms with Gasteiger partial charge in [-0.3, -0.25) is 4.79 Å². The number of aryl methyl sites for hydroxylation is 2. The van der Waals surface area contributed by atoms with Crippen molar-refractivity contribution in [2.45, 2.75) is 33.1 Å². The first-order valence-electron chi connectivity index (χ1n) is 6.97. The number of rotatable bonds is 2. The molecule has 1 N–H and O–H groups in total. The second kappa shape index (κ2) is 5.37. The maximum atomic E-state index is 12.3. The van der Waals surface area contributed by atoms with Crippen molar-refractivity contribution in [2.24, 2.45) is 5.92 Å². The van der Waals surface area contributed by atoms with E-state index in [-0.39, 0.29) is 5.91 Å². The average molecular weight is 286 g/mol. The largest absolute Gasteiger partial charge is 0.306 e. The number of pyridine rings is 1. The van der Waals surface area contributed by atoms with Crippen LogP contribution in [0.25, 0.3) is 0 Å². The van der Waals surface area contributed by atoms with Crippen molar-refractivity contribution < 1.29 is 4.79 Å². The molecule has 0 spiro atoms. The van der Waals surface area contributed by atoms with Gasteiger partial charge in [0.15, 0.2) is 0 Å². The molecule has 1 atom stereocenters. The number of fused-ring (bicyclic) bond motifs is 1. The second-order valence-corrected chi connectivity index (χ2v) is 6.72. The third-order valence-corrected chi connectivity index (χ3v) is 4.94. The van der Waals surface area contributed by atoms with Crippen LogP contribution in [0.4, 0.5) is 5.82 Å². The molecule has 0 aromatic carbocycles. The Hall–Kier alpha value is -1.68. The van der Waals surface area contributed by atoms with Crippen LogP contribution in [0.1, 0.15) is 39.0 Å². The number of hydrogen-bond acceptors (Lipinski definition) is 3. The van der Waals surface area contributed by atoms with Gasteiger partial charge in [0, 0.05) is 11.1 Å². The molecule has 3 nitrogen and oxygen atoms in total. The van der Waals surface area contributed by atoms with Crippen LogP contribution in [0.5, 0.6) is 0 Å². The summed E-state index contributed by atoms with van der Waals surface area (Å²) in [4.78, 5) is 18.6. The summed E-state index contributed by atoms with van der Waals surface area (Å²) in [6, 6.07) is 5.84. The van der Waals surface area contributed by atoms with Gasteiger partial charge >= 0.3 is 0 Å². The summed E-state index contributed by atoms with van der Waals surface area (Å²) >= 11 is 1.63. The average Bonchev–Trinajstić information content (AvgIpc) is 2.84. The minimum absolute atomic E-state index is 0.0478. The molecule has 0 fully saturated rings. The monoisotopic (exact) mass is 286 g/mol. The van der Waals surface area contributed by atoms with Gasteiger partial charge in [-0.2, -0.15) is 0 Å². The minimum Gasteiger partial charge on any atom is -0.306 e. The Balaban J connectivity index is 1.76. The lowest BCUT2D eigenvalue weighted by Gasteiger charge is -2.16. The maximum absolute atomic E-state index is 12.3. The molecule has 0 bridgehead atoms. The molecule has 1 aliphatic rings. The first kappa shape index (κ1) is 13.3. The molecular formula is C16H18N2OS. The van der Waals surface area contributed by atoms with Gasteiger partial charge in [-0.1, -0.05) is 13.0 Å². The number of carbonyl (C=O) groups is 1. The molecule has 2 aromatic heterocycles. The molecule has 2 aromatic rings. The van der Waals surface area contributed by atoms with Gasteiger partial charge in [0.2, 0.25) is 0 Å². The Morgan fingerprint density at radius 1 is 1.45 bits per heavy atom. The molecule has 0 saturated heterocycles. The van der Waals surface area contributed by atoms with Crippen LogP contribution in [-0.4, -0.2) is 10.9 Å². The van der Waals surface area contributed by atoms with E-state index in [4.69, 9.17) is 0 Å². The summed E-state index contributed by atoms with van der Waals surface area (Å²) in [5.41, 5.74) is 2.44. The van der Waals surface area contributed by atoms with E-state index in [0.717, 1.165) is 29.2 Å². The fourth-order valence-corrected chi connectivity index (χ4v) is 3.64. The Morgan fingerprint density at radius 2 is 2.30 bits per heavy atom. The number of amides is 1. The number of nitrogens with zero attached hydrogens (tertiary/aromatic N) is 1. The third kappa shape index (κ3) is 2.75. The van der Waals surface area contributed by atoms with E-state index in [1.165, 1.54) is 16.9 Å². The number of hydrogen-bond donors (Lipinski definition) is 1. The molecule has 20 heavy (non-hydrogen) atoms. The van der Waals surface area contributed by atoms with Crippen molar-refractivity contribution in [1.82, 2.24) is 4.98 Å². The fraction of sp³-hybridized carbons (Fsp3) is 0.375. The van der Waals surface area contributed by atoms with Gasteiger partial charge in [-0.25, -0.2) is 4.98 Å². The van der Waals surface area contributed by atoms with E-state index in [1.807, 2.05) is 19.1 Å². The molecule has 0 aliphatic heterocycles. The van der Waals surface area contributed by atoms with Gasteiger partial charge in [0.25, 0.3) is 5.91 Å². The zero-order chi connectivity index (χ0) is 14.1. The smallest absolute Gasteiger partial charge is 0.266 e. The molecule has 1 unspecified atom stereocenters. The SMILES string of the molecule is Cc1ccc(NC(=O)c2cc3c(s2)CCC(C)C3)nc1. The predicted octanol–water partition coefficient (Wildman–Crippen LogP) is 3.83. The quantitative estimate of drug-likeness (QED) is 0.911. The van der Waals surface area contributed by atoms with E-state index >= 15 is 0 Å². The summed E-state index contributed by atoms with van der Waals surface area (Å²) in [6.07, 6.45) is 5.20. The topological polar surface area (TPSA) is 42.0 Å². The van der Waals surface area contributed by atoms with E-state index in [2.05, 4.69) is 23.3 Å². The zero-order valence-corrected chi connectivity index (χ0v) is 12.6. The lowest BCUT2D eigenvalue weighted by atomic mass is 9.90. The van der Waals surface area contributed by atoms with Crippen molar-refractivity contribution in [2.75, 3.05) is 5.32 Å². The number of thiophene rings is 1. The van der Waals surface area contributed by atoms with Gasteiger partial charge < -0.3 is 5.32 Å². The van der Waals surface area contributed by atoms with Gasteiger partial charge in [0.05, 0.1) is 4.88 Å². The van der Waals surface area contributed by atoms with Crippen LogP contribution < -0.4 is 5.32 Å². The van der Waals surface area contributed by atoms with Crippen LogP contribution in [-0.2, 0) is 12.8 Å². The number of aromatic nitrogens is 1. The molecule has 4 heteroatoms. The molecule has 0 radical (unpaired) electrons. The van der Waals surface area contributed by atoms with Crippen LogP contribution in [0.2, 0.25) is 0 Å². The first-order valence-corrected chi connectivity index (χ1v) is 7.79. The van der Waals surface area contributed by atoms with E-state index in [1.54, 1.807) is 17.5 Å². The highest BCUT2D eigenvalue weighted by Gasteiger charge is 2.20. The Morgan fingerprint density at radius 3 is 3.05 bits per heavy atom. The summed E-state index contributed by atoms with van der Waals surface area (Å²) in [7, 11) is 0. The number of nitrogens with one attached hydrogen (secondary N) is 1. The molecule has 0 saturated carbocycles. The molecule has 1 amide bonds. The van der Waals surface area contributed by atoms with Crippen molar-refractivity contribution in [3.8, 4) is 0 Å². The fourth-order valence-electron chi connectivity index (χ4n) is 2.54. The summed E-state index contributed by atoms with van der Waals surface area (Å²) in [5.74, 6) is 1.29. The number of anilines is 1. The normalized spacial score (nSPS) is 17.6. The third-order valence-electron chi connectivity index (χ3n) is 3.71. The highest BCUT2D eigenvalue weighted by atomic mass is 32.1. The number of carbonyl (C=O) groups excluding carboxylic acids is 1. The second-order valence-electron chi connectivity index (χ2n) is 5.58. The standard InChI is InChI=1S/C16H18N2OS/c1-10-3-5-13-12(7-10)8-14(20-13)16(19)18-15-6-4-11(2)9-17-15/h4,6,8-10H,3,5,7H2,1-2H3,(H,17,18,19). The van der Waals surface area contributed by atoms with Crippen LogP contribution >= 0.6 is 11.3 Å². The van der Waals surface area contributed by atoms with Crippen LogP contribution in [0.3, 0.4) is 0 Å². The van der Waals surface area contributed by atoms with Crippen LogP contribution in [0.15, 0.2) is 24.4 Å². The van der Waals surface area contributed by atoms with Crippen molar-refractivity contribution in [3.05, 3.63) is 45.3 Å². The van der Waals surface area contributed by atoms with Crippen molar-refractivity contribution in [3.63, 3.8) is 0 Å². The van der Waals surface area contributed by atoms with Gasteiger partial charge in [0.1, 0.15) is 5.82 Å². The molecule has 104 valence electrons. The predicted molar refractivity (Wildman–Crippen MR) is 82.4 cm³/mol. The Bertz CT molecular complexity index is 630. The minimum atomic E-state index is -0.0478. The Labute approximate surface area is 123 Å². The van der Waals surface area contributed by atoms with Crippen molar-refractivity contribution >= 4 is 23.1 Å². The molecular weight excluding hydrogens is 268 g/mol. The summed E-state index contributed by atoms with van der Waals surface area (Å²) in [5, 5.41) is 2.87.